The molecule has 2 heterocycles. The molecule has 2 N–H and O–H groups in total. The van der Waals surface area contributed by atoms with Crippen LogP contribution in [0.15, 0.2) is 36.0 Å². The lowest BCUT2D eigenvalue weighted by molar-refractivity contribution is -0.132. The summed E-state index contributed by atoms with van der Waals surface area (Å²) < 4.78 is 1.66. The Hall–Kier alpha value is -2.34. The molecule has 0 saturated heterocycles. The van der Waals surface area contributed by atoms with Crippen molar-refractivity contribution in [3.63, 3.8) is 0 Å². The highest BCUT2D eigenvalue weighted by molar-refractivity contribution is 6.30. The lowest BCUT2D eigenvalue weighted by atomic mass is 10.0. The predicted octanol–water partition coefficient (Wildman–Crippen LogP) is 2.22. The zero-order valence-corrected chi connectivity index (χ0v) is 11.3. The maximum absolute atomic E-state index is 11.2. The van der Waals surface area contributed by atoms with E-state index >= 15 is 0 Å². The summed E-state index contributed by atoms with van der Waals surface area (Å²) in [5.74, 6) is -0.0373. The van der Waals surface area contributed by atoms with Crippen molar-refractivity contribution in [2.45, 2.75) is 13.0 Å². The third-order valence-electron chi connectivity index (χ3n) is 3.01. The molecule has 0 unspecified atom stereocenters. The van der Waals surface area contributed by atoms with Gasteiger partial charge in [0.1, 0.15) is 17.6 Å². The molecule has 1 aliphatic rings. The molecule has 6 nitrogen and oxygen atoms in total. The molecule has 0 aliphatic carbocycles. The van der Waals surface area contributed by atoms with Gasteiger partial charge >= 0.3 is 5.97 Å². The number of carbonyl (C=O) groups is 1. The predicted molar refractivity (Wildman–Crippen MR) is 73.7 cm³/mol. The van der Waals surface area contributed by atoms with Crippen LogP contribution in [0.4, 0.5) is 5.95 Å². The Kier molecular flexibility index (Phi) is 2.94. The van der Waals surface area contributed by atoms with Crippen LogP contribution in [0.2, 0.25) is 5.02 Å². The van der Waals surface area contributed by atoms with Gasteiger partial charge in [0, 0.05) is 5.02 Å². The van der Waals surface area contributed by atoms with Crippen LogP contribution < -0.4 is 5.32 Å². The summed E-state index contributed by atoms with van der Waals surface area (Å²) in [5.41, 5.74) is 0.977. The number of fused-ring (bicyclic) bond motifs is 1. The average molecular weight is 291 g/mol. The maximum atomic E-state index is 11.2. The molecule has 7 heteroatoms. The number of halogens is 1. The minimum absolute atomic E-state index is 0.0878. The number of carboxylic acid groups (broad SMARTS) is 1. The summed E-state index contributed by atoms with van der Waals surface area (Å²) in [5, 5.41) is 16.8. The number of anilines is 1. The van der Waals surface area contributed by atoms with Gasteiger partial charge in [-0.2, -0.15) is 10.1 Å². The van der Waals surface area contributed by atoms with Gasteiger partial charge in [0.25, 0.3) is 0 Å². The van der Waals surface area contributed by atoms with E-state index in [1.807, 2.05) is 12.1 Å². The van der Waals surface area contributed by atoms with E-state index in [2.05, 4.69) is 15.4 Å². The number of benzene rings is 1. The fraction of sp³-hybridized carbons (Fsp3) is 0.154. The van der Waals surface area contributed by atoms with E-state index in [0.29, 0.717) is 16.8 Å². The topological polar surface area (TPSA) is 80.0 Å². The van der Waals surface area contributed by atoms with Crippen molar-refractivity contribution in [1.82, 2.24) is 14.8 Å². The van der Waals surface area contributed by atoms with E-state index in [-0.39, 0.29) is 11.7 Å². The minimum Gasteiger partial charge on any atom is -0.477 e. The molecule has 102 valence electrons. The Bertz CT molecular complexity index is 706. The first kappa shape index (κ1) is 12.7. The van der Waals surface area contributed by atoms with Crippen molar-refractivity contribution < 1.29 is 9.90 Å². The zero-order valence-electron chi connectivity index (χ0n) is 10.5. The number of nitrogens with one attached hydrogen (secondary N) is 1. The van der Waals surface area contributed by atoms with Crippen LogP contribution >= 0.6 is 11.6 Å². The quantitative estimate of drug-likeness (QED) is 0.886. The first-order valence-electron chi connectivity index (χ1n) is 5.95. The van der Waals surface area contributed by atoms with Gasteiger partial charge in [-0.3, -0.25) is 0 Å². The maximum Gasteiger partial charge on any atom is 0.352 e. The molecular weight excluding hydrogens is 280 g/mol. The Morgan fingerprint density at radius 3 is 2.75 bits per heavy atom. The van der Waals surface area contributed by atoms with Crippen molar-refractivity contribution in [3.8, 4) is 0 Å². The second kappa shape index (κ2) is 4.64. The molecule has 0 bridgehead atoms. The summed E-state index contributed by atoms with van der Waals surface area (Å²) in [7, 11) is 0. The molecule has 0 fully saturated rings. The van der Waals surface area contributed by atoms with Crippen LogP contribution in [0.3, 0.4) is 0 Å². The average Bonchev–Trinajstić information content (AvgIpc) is 2.78. The fourth-order valence-corrected chi connectivity index (χ4v) is 2.25. The van der Waals surface area contributed by atoms with Gasteiger partial charge in [-0.1, -0.05) is 23.7 Å². The molecule has 1 aromatic carbocycles. The van der Waals surface area contributed by atoms with E-state index in [4.69, 9.17) is 11.6 Å². The minimum atomic E-state index is -1.03. The summed E-state index contributed by atoms with van der Waals surface area (Å²) in [6.07, 6.45) is 1.60. The monoisotopic (exact) mass is 290 g/mol. The summed E-state index contributed by atoms with van der Waals surface area (Å²) in [6, 6.07) is 6.88. The Balaban J connectivity index is 2.11. The lowest BCUT2D eigenvalue weighted by Gasteiger charge is -2.22. The number of aromatic nitrogens is 3. The van der Waals surface area contributed by atoms with Gasteiger partial charge in [-0.05, 0) is 30.7 Å². The third-order valence-corrected chi connectivity index (χ3v) is 3.27. The molecule has 1 atom stereocenters. The number of allylic oxidation sites excluding steroid dienone is 1. The van der Waals surface area contributed by atoms with Crippen molar-refractivity contribution in [2.24, 2.45) is 0 Å². The summed E-state index contributed by atoms with van der Waals surface area (Å²) in [4.78, 5) is 15.4. The number of nitrogens with zero attached hydrogens (tertiary/aromatic N) is 3. The summed E-state index contributed by atoms with van der Waals surface area (Å²) in [6.45, 7) is 1.76. The first-order chi connectivity index (χ1) is 9.54. The van der Waals surface area contributed by atoms with E-state index in [1.54, 1.807) is 29.8 Å². The van der Waals surface area contributed by atoms with Crippen LogP contribution in [-0.2, 0) is 4.79 Å². The zero-order chi connectivity index (χ0) is 14.3. The van der Waals surface area contributed by atoms with Gasteiger partial charge in [-0.25, -0.2) is 9.48 Å². The van der Waals surface area contributed by atoms with Gasteiger partial charge in [0.05, 0.1) is 0 Å². The highest BCUT2D eigenvalue weighted by Crippen LogP contribution is 2.29. The molecule has 3 rings (SSSR count). The van der Waals surface area contributed by atoms with E-state index in [0.717, 1.165) is 5.56 Å². The van der Waals surface area contributed by atoms with Crippen LogP contribution in [0.25, 0.3) is 0 Å². The molecule has 1 aromatic heterocycles. The normalized spacial score (nSPS) is 17.1. The molecule has 0 spiro atoms. The molecule has 20 heavy (non-hydrogen) atoms. The molecule has 0 radical (unpaired) electrons. The van der Waals surface area contributed by atoms with Gasteiger partial charge in [0.2, 0.25) is 5.95 Å². The molecule has 0 amide bonds. The number of aliphatic carboxylic acids is 1. The Morgan fingerprint density at radius 1 is 1.40 bits per heavy atom. The largest absolute Gasteiger partial charge is 0.477 e. The SMILES string of the molecule is Cc1nc2n(n1)[C@H](c1ccc(Cl)cc1)C=C(C(=O)O)N2. The molecule has 1 aliphatic heterocycles. The summed E-state index contributed by atoms with van der Waals surface area (Å²) >= 11 is 5.88. The standard InChI is InChI=1S/C13H11ClN4O2/c1-7-15-13-16-10(12(19)20)6-11(18(13)17-7)8-2-4-9(14)5-3-8/h2-6,11H,1H3,(H,19,20)(H,15,16,17)/t11-/m0/s1. The highest BCUT2D eigenvalue weighted by atomic mass is 35.5. The first-order valence-corrected chi connectivity index (χ1v) is 6.33. The van der Waals surface area contributed by atoms with Crippen LogP contribution in [-0.4, -0.2) is 25.8 Å². The van der Waals surface area contributed by atoms with Crippen molar-refractivity contribution in [3.05, 3.63) is 52.4 Å². The second-order valence-electron chi connectivity index (χ2n) is 4.43. The van der Waals surface area contributed by atoms with Crippen LogP contribution in [0.1, 0.15) is 17.4 Å². The van der Waals surface area contributed by atoms with Gasteiger partial charge < -0.3 is 10.4 Å². The molecule has 0 saturated carbocycles. The molecular formula is C13H11ClN4O2. The van der Waals surface area contributed by atoms with E-state index < -0.39 is 5.97 Å². The Morgan fingerprint density at radius 2 is 2.10 bits per heavy atom. The Labute approximate surface area is 119 Å². The van der Waals surface area contributed by atoms with Crippen molar-refractivity contribution in [1.29, 1.82) is 0 Å². The van der Waals surface area contributed by atoms with Gasteiger partial charge in [0.15, 0.2) is 0 Å². The third kappa shape index (κ3) is 2.14. The van der Waals surface area contributed by atoms with E-state index in [9.17, 15) is 9.90 Å². The number of hydrogen-bond donors (Lipinski definition) is 2. The van der Waals surface area contributed by atoms with Crippen molar-refractivity contribution in [2.75, 3.05) is 5.32 Å². The lowest BCUT2D eigenvalue weighted by Crippen LogP contribution is -2.24. The van der Waals surface area contributed by atoms with Crippen LogP contribution in [0, 0.1) is 6.92 Å². The van der Waals surface area contributed by atoms with Crippen molar-refractivity contribution >= 4 is 23.5 Å². The number of aryl methyl sites for hydroxylation is 1. The number of carboxylic acids is 1. The number of rotatable bonds is 2. The fourth-order valence-electron chi connectivity index (χ4n) is 2.12. The van der Waals surface area contributed by atoms with E-state index in [1.165, 1.54) is 0 Å². The van der Waals surface area contributed by atoms with Crippen LogP contribution in [0.5, 0.6) is 0 Å². The number of hydrogen-bond acceptors (Lipinski definition) is 4. The highest BCUT2D eigenvalue weighted by Gasteiger charge is 2.26. The molecule has 2 aromatic rings. The second-order valence-corrected chi connectivity index (χ2v) is 4.87. The van der Waals surface area contributed by atoms with Gasteiger partial charge in [-0.15, -0.1) is 0 Å². The smallest absolute Gasteiger partial charge is 0.352 e.